The first-order chi connectivity index (χ1) is 9.92. The molecule has 3 N–H and O–H groups in total. The van der Waals surface area contributed by atoms with E-state index in [4.69, 9.17) is 5.73 Å². The van der Waals surface area contributed by atoms with Crippen molar-refractivity contribution >= 4 is 50.2 Å². The normalized spacial score (nSPS) is 11.8. The van der Waals surface area contributed by atoms with Gasteiger partial charge >= 0.3 is 141 Å². The van der Waals surface area contributed by atoms with E-state index in [0.717, 1.165) is 33.6 Å². The number of anilines is 2. The minimum absolute atomic E-state index is 0.0635. The molecule has 0 amide bonds. The number of aryl methyl sites for hydroxylation is 2. The Morgan fingerprint density at radius 3 is 2.19 bits per heavy atom. The molecular weight excluding hydrogens is 418 g/mol. The summed E-state index contributed by atoms with van der Waals surface area (Å²) in [4.78, 5) is 0. The van der Waals surface area contributed by atoms with E-state index in [2.05, 4.69) is 46.5 Å². The maximum absolute atomic E-state index is 5.62. The zero-order valence-electron chi connectivity index (χ0n) is 12.4. The fourth-order valence-corrected chi connectivity index (χ4v) is 6.24. The van der Waals surface area contributed by atoms with E-state index in [1.54, 1.807) is 0 Å². The molecule has 0 saturated carbocycles. The van der Waals surface area contributed by atoms with E-state index in [-0.39, 0.29) is 34.5 Å². The molecule has 2 aromatic rings. The molecule has 0 radical (unpaired) electrons. The molecule has 2 heterocycles. The predicted molar refractivity (Wildman–Crippen MR) is 90.5 cm³/mol. The van der Waals surface area contributed by atoms with Crippen molar-refractivity contribution in [3.8, 4) is 0 Å². The molecule has 6 nitrogen and oxygen atoms in total. The van der Waals surface area contributed by atoms with Crippen LogP contribution in [0.1, 0.15) is 29.9 Å². The van der Waals surface area contributed by atoms with E-state index in [9.17, 15) is 0 Å². The summed E-state index contributed by atoms with van der Waals surface area (Å²) >= 11 is 2.41. The molecule has 0 fully saturated rings. The van der Waals surface area contributed by atoms with Crippen molar-refractivity contribution < 1.29 is 0 Å². The molecule has 0 saturated heterocycles. The number of nitrogens with one attached hydrogen (secondary N) is 1. The molecule has 116 valence electrons. The fraction of sp³-hybridized carbons (Fsp3) is 0.667. The second kappa shape index (κ2) is 7.79. The van der Waals surface area contributed by atoms with Gasteiger partial charge in [-0.15, -0.1) is 0 Å². The Balaban J connectivity index is 1.64. The third-order valence-corrected chi connectivity index (χ3v) is 6.93. The number of aromatic nitrogens is 4. The van der Waals surface area contributed by atoms with Gasteiger partial charge in [0.2, 0.25) is 0 Å². The van der Waals surface area contributed by atoms with E-state index >= 15 is 0 Å². The van der Waals surface area contributed by atoms with Gasteiger partial charge in [0.25, 0.3) is 0 Å². The van der Waals surface area contributed by atoms with E-state index in [1.807, 2.05) is 11.8 Å². The average molecular weight is 438 g/mol. The average Bonchev–Trinajstić information content (AvgIpc) is 2.96. The topological polar surface area (TPSA) is 89.6 Å². The van der Waals surface area contributed by atoms with E-state index < -0.39 is 0 Å². The van der Waals surface area contributed by atoms with Crippen LogP contribution in [0.4, 0.5) is 9.38 Å². The third kappa shape index (κ3) is 6.53. The number of nitrogens with zero attached hydrogens (tertiary/aromatic N) is 4. The monoisotopic (exact) mass is 440 g/mol. The molecule has 0 unspecified atom stereocenters. The Morgan fingerprint density at radius 2 is 1.62 bits per heavy atom. The summed E-state index contributed by atoms with van der Waals surface area (Å²) in [7, 11) is 0. The summed E-state index contributed by atoms with van der Waals surface area (Å²) in [6, 6.07) is 0. The number of nitrogen functional groups attached to an aromatic ring is 1. The Bertz CT molecular complexity index is 562. The zero-order chi connectivity index (χ0) is 15.3. The molecule has 2 rings (SSSR count). The van der Waals surface area contributed by atoms with Gasteiger partial charge < -0.3 is 0 Å². The maximum atomic E-state index is 5.62. The van der Waals surface area contributed by atoms with Gasteiger partial charge in [0.15, 0.2) is 0 Å². The number of hydrogen-bond acceptors (Lipinski definition) is 7. The zero-order valence-corrected chi connectivity index (χ0v) is 16.7. The van der Waals surface area contributed by atoms with Crippen molar-refractivity contribution in [2.24, 2.45) is 0 Å². The van der Waals surface area contributed by atoms with E-state index in [0.29, 0.717) is 4.69 Å². The standard InChI is InChI=1S/C12H20N6SSe2/c1-12(2,3)14-11-18-16-9(21-11)5-7-19-6-4-8-15-17-10(13)20-8/h4-7H2,1-3H3,(H2,13,17)(H,14,18). The summed E-state index contributed by atoms with van der Waals surface area (Å²) in [5, 5.41) is 19.9. The van der Waals surface area contributed by atoms with Gasteiger partial charge in [-0.1, -0.05) is 0 Å². The number of rotatable bonds is 7. The predicted octanol–water partition coefficient (Wildman–Crippen LogP) is 0.692. The Labute approximate surface area is 141 Å². The summed E-state index contributed by atoms with van der Waals surface area (Å²) in [6.07, 6.45) is 2.03. The first kappa shape index (κ1) is 17.0. The van der Waals surface area contributed by atoms with Crippen LogP contribution in [0.25, 0.3) is 0 Å². The van der Waals surface area contributed by atoms with Crippen molar-refractivity contribution in [2.45, 2.75) is 39.2 Å². The summed E-state index contributed by atoms with van der Waals surface area (Å²) in [5.41, 5.74) is 5.68. The van der Waals surface area contributed by atoms with Crippen molar-refractivity contribution in [3.63, 3.8) is 0 Å². The summed E-state index contributed by atoms with van der Waals surface area (Å²) < 4.78 is 4.14. The molecule has 0 spiro atoms. The molecule has 0 aliphatic heterocycles. The van der Waals surface area contributed by atoms with Crippen LogP contribution in [0.2, 0.25) is 0 Å². The van der Waals surface area contributed by atoms with Gasteiger partial charge in [-0.2, -0.15) is 0 Å². The van der Waals surface area contributed by atoms with Crippen molar-refractivity contribution in [2.75, 3.05) is 22.6 Å². The van der Waals surface area contributed by atoms with Crippen LogP contribution in [-0.2, 0) is 12.8 Å². The van der Waals surface area contributed by atoms with Gasteiger partial charge in [-0.3, -0.25) is 0 Å². The Kier molecular flexibility index (Phi) is 6.32. The SMILES string of the molecule is CC(C)(C)Nc1nnc(CCSCCc2nnc(N)[se]2)[se]1. The molecule has 2 aromatic heterocycles. The Hall–Kier alpha value is -0.331. The number of hydrogen-bond donors (Lipinski definition) is 2. The molecule has 9 heteroatoms. The first-order valence-electron chi connectivity index (χ1n) is 6.68. The van der Waals surface area contributed by atoms with Gasteiger partial charge in [-0.05, 0) is 0 Å². The van der Waals surface area contributed by atoms with Crippen LogP contribution >= 0.6 is 11.8 Å². The molecule has 0 aromatic carbocycles. The van der Waals surface area contributed by atoms with Crippen molar-refractivity contribution in [1.29, 1.82) is 0 Å². The van der Waals surface area contributed by atoms with E-state index in [1.165, 1.54) is 4.57 Å². The van der Waals surface area contributed by atoms with Crippen molar-refractivity contribution in [3.05, 3.63) is 9.14 Å². The van der Waals surface area contributed by atoms with Gasteiger partial charge in [0, 0.05) is 0 Å². The minimum atomic E-state index is 0.0635. The number of thioether (sulfide) groups is 1. The molecule has 21 heavy (non-hydrogen) atoms. The molecule has 0 bridgehead atoms. The molecule has 0 aliphatic rings. The van der Waals surface area contributed by atoms with Gasteiger partial charge in [-0.25, -0.2) is 0 Å². The third-order valence-electron chi connectivity index (χ3n) is 2.35. The van der Waals surface area contributed by atoms with Crippen molar-refractivity contribution in [1.82, 2.24) is 20.4 Å². The second-order valence-corrected chi connectivity index (χ2v) is 11.3. The van der Waals surface area contributed by atoms with Crippen LogP contribution in [0, 0.1) is 0 Å². The number of nitrogens with two attached hydrogens (primary N) is 1. The van der Waals surface area contributed by atoms with Crippen LogP contribution in [0.15, 0.2) is 0 Å². The van der Waals surface area contributed by atoms with Gasteiger partial charge in [0.05, 0.1) is 0 Å². The quantitative estimate of drug-likeness (QED) is 0.486. The second-order valence-electron chi connectivity index (χ2n) is 5.52. The summed E-state index contributed by atoms with van der Waals surface area (Å²) in [5.74, 6) is 2.17. The van der Waals surface area contributed by atoms with Crippen LogP contribution < -0.4 is 11.1 Å². The van der Waals surface area contributed by atoms with Crippen LogP contribution in [0.3, 0.4) is 0 Å². The van der Waals surface area contributed by atoms with Crippen LogP contribution in [-0.4, -0.2) is 66.4 Å². The Morgan fingerprint density at radius 1 is 1.00 bits per heavy atom. The van der Waals surface area contributed by atoms with Crippen LogP contribution in [0.5, 0.6) is 0 Å². The fourth-order valence-electron chi connectivity index (χ4n) is 1.51. The molecule has 0 atom stereocenters. The first-order valence-corrected chi connectivity index (χ1v) is 11.3. The van der Waals surface area contributed by atoms with Gasteiger partial charge in [0.1, 0.15) is 0 Å². The molecule has 0 aliphatic carbocycles. The molecular formula is C12H20N6SSe2. The summed E-state index contributed by atoms with van der Waals surface area (Å²) in [6.45, 7) is 6.43.